The number of anilines is 2. The van der Waals surface area contributed by atoms with Crippen LogP contribution in [-0.2, 0) is 11.3 Å². The van der Waals surface area contributed by atoms with Crippen LogP contribution in [0.4, 0.5) is 30.8 Å². The number of cyclic esters (lactones) is 1. The van der Waals surface area contributed by atoms with Gasteiger partial charge in [0.2, 0.25) is 0 Å². The Hall–Kier alpha value is -3.64. The van der Waals surface area contributed by atoms with E-state index in [0.29, 0.717) is 67.7 Å². The third-order valence-electron chi connectivity index (χ3n) is 6.67. The first-order valence-corrected chi connectivity index (χ1v) is 13.5. The molecule has 2 aromatic carbocycles. The van der Waals surface area contributed by atoms with Crippen molar-refractivity contribution in [2.24, 2.45) is 0 Å². The van der Waals surface area contributed by atoms with Crippen molar-refractivity contribution in [3.8, 4) is 11.1 Å². The number of furan rings is 1. The second-order valence-electron chi connectivity index (χ2n) is 9.16. The first kappa shape index (κ1) is 26.0. The van der Waals surface area contributed by atoms with Crippen LogP contribution in [0.3, 0.4) is 0 Å². The van der Waals surface area contributed by atoms with Crippen molar-refractivity contribution < 1.29 is 27.7 Å². The van der Waals surface area contributed by atoms with E-state index < -0.39 is 22.7 Å². The number of carbonyl (C=O) groups excluding carboxylic acids is 1. The molecule has 5 rings (SSSR count). The van der Waals surface area contributed by atoms with Crippen LogP contribution in [0.5, 0.6) is 0 Å². The molecule has 0 N–H and O–H groups in total. The molecule has 1 amide bonds. The Balaban J connectivity index is 1.23. The number of amides is 1. The Bertz CT molecular complexity index is 1340. The van der Waals surface area contributed by atoms with Crippen LogP contribution in [0.1, 0.15) is 5.76 Å². The number of halogens is 2. The van der Waals surface area contributed by atoms with Crippen LogP contribution >= 0.6 is 11.8 Å². The number of ether oxygens (including phenoxy) is 1. The van der Waals surface area contributed by atoms with Gasteiger partial charge in [0.05, 0.1) is 30.5 Å². The van der Waals surface area contributed by atoms with Gasteiger partial charge in [-0.05, 0) is 48.2 Å². The average Bonchev–Trinajstić information content (AvgIpc) is 3.51. The zero-order valence-electron chi connectivity index (χ0n) is 20.6. The number of nitrogens with zero attached hydrogens (tertiary/aromatic N) is 4. The van der Waals surface area contributed by atoms with E-state index in [4.69, 9.17) is 9.15 Å². The number of thioether (sulfide) groups is 1. The largest absolute Gasteiger partial charge is 0.443 e. The summed E-state index contributed by atoms with van der Waals surface area (Å²) in [6.45, 7) is 3.17. The maximum Gasteiger partial charge on any atom is 0.433 e. The minimum absolute atomic E-state index is 0.240. The fraction of sp³-hybridized carbons (Fsp3) is 0.346. The standard InChI is InChI=1S/C26H26F2N4O5S/c1-38-16-20-15-31(26(33)37-20)18-3-5-21(22(27)13-18)17-2-6-24(23(28)12-17)30-10-8-29(9-11-30)14-19-4-7-25(36-19)32(34)35/h2-7,12-13,20H,8-11,14-16H2,1H3. The molecule has 0 saturated carbocycles. The molecule has 9 nitrogen and oxygen atoms in total. The van der Waals surface area contributed by atoms with Gasteiger partial charge in [0.15, 0.2) is 0 Å². The minimum Gasteiger partial charge on any atom is -0.443 e. The van der Waals surface area contributed by atoms with E-state index >= 15 is 8.78 Å². The van der Waals surface area contributed by atoms with Gasteiger partial charge in [-0.2, -0.15) is 11.8 Å². The predicted molar refractivity (Wildman–Crippen MR) is 141 cm³/mol. The molecule has 12 heteroatoms. The second-order valence-corrected chi connectivity index (χ2v) is 10.1. The fourth-order valence-corrected chi connectivity index (χ4v) is 5.30. The lowest BCUT2D eigenvalue weighted by atomic mass is 10.0. The van der Waals surface area contributed by atoms with E-state index in [9.17, 15) is 14.9 Å². The summed E-state index contributed by atoms with van der Waals surface area (Å²) in [7, 11) is 0. The smallest absolute Gasteiger partial charge is 0.433 e. The summed E-state index contributed by atoms with van der Waals surface area (Å²) in [6.07, 6.45) is 1.18. The molecule has 2 aliphatic heterocycles. The summed E-state index contributed by atoms with van der Waals surface area (Å²) >= 11 is 1.57. The lowest BCUT2D eigenvalue weighted by Crippen LogP contribution is -2.46. The van der Waals surface area contributed by atoms with Gasteiger partial charge >= 0.3 is 12.0 Å². The summed E-state index contributed by atoms with van der Waals surface area (Å²) in [4.78, 5) is 27.8. The van der Waals surface area contributed by atoms with Crippen LogP contribution in [0.2, 0.25) is 0 Å². The molecule has 2 saturated heterocycles. The minimum atomic E-state index is -0.570. The molecule has 3 heterocycles. The molecule has 1 unspecified atom stereocenters. The first-order valence-electron chi connectivity index (χ1n) is 12.1. The highest BCUT2D eigenvalue weighted by Gasteiger charge is 2.32. The van der Waals surface area contributed by atoms with Crippen molar-refractivity contribution in [2.75, 3.05) is 54.5 Å². The SMILES string of the molecule is CSCC1CN(c2ccc(-c3ccc(N4CCN(Cc5ccc([N+](=O)[O-])o5)CC4)c(F)c3)c(F)c2)C(=O)O1. The summed E-state index contributed by atoms with van der Waals surface area (Å²) in [5.41, 5.74) is 1.47. The van der Waals surface area contributed by atoms with E-state index in [1.165, 1.54) is 23.1 Å². The van der Waals surface area contributed by atoms with Crippen molar-refractivity contribution in [3.05, 3.63) is 76.0 Å². The third-order valence-corrected chi connectivity index (χ3v) is 7.37. The molecular formula is C26H26F2N4O5S. The van der Waals surface area contributed by atoms with Crippen molar-refractivity contribution in [2.45, 2.75) is 12.6 Å². The fourth-order valence-electron chi connectivity index (χ4n) is 4.76. The van der Waals surface area contributed by atoms with Gasteiger partial charge in [-0.15, -0.1) is 0 Å². The lowest BCUT2D eigenvalue weighted by molar-refractivity contribution is -0.402. The highest BCUT2D eigenvalue weighted by Crippen LogP contribution is 2.32. The molecule has 38 heavy (non-hydrogen) atoms. The molecule has 3 aromatic rings. The number of rotatable bonds is 8. The van der Waals surface area contributed by atoms with Crippen LogP contribution in [0.25, 0.3) is 11.1 Å². The van der Waals surface area contributed by atoms with Gasteiger partial charge in [0.1, 0.15) is 28.4 Å². The zero-order chi connectivity index (χ0) is 26.8. The number of nitro groups is 1. The van der Waals surface area contributed by atoms with Crippen molar-refractivity contribution in [1.82, 2.24) is 4.90 Å². The average molecular weight is 545 g/mol. The maximum atomic E-state index is 15.1. The van der Waals surface area contributed by atoms with E-state index in [1.807, 2.05) is 11.2 Å². The van der Waals surface area contributed by atoms with Crippen molar-refractivity contribution >= 4 is 35.1 Å². The number of carbonyl (C=O) groups is 1. The predicted octanol–water partition coefficient (Wildman–Crippen LogP) is 5.14. The molecule has 0 radical (unpaired) electrons. The van der Waals surface area contributed by atoms with Crippen LogP contribution in [0, 0.1) is 21.7 Å². The molecular weight excluding hydrogens is 518 g/mol. The van der Waals surface area contributed by atoms with Crippen LogP contribution in [0.15, 0.2) is 52.9 Å². The van der Waals surface area contributed by atoms with E-state index in [2.05, 4.69) is 4.90 Å². The monoisotopic (exact) mass is 544 g/mol. The quantitative estimate of drug-likeness (QED) is 0.284. The molecule has 200 valence electrons. The number of hydrogen-bond donors (Lipinski definition) is 0. The van der Waals surface area contributed by atoms with Gasteiger partial charge < -0.3 is 14.1 Å². The Labute approximate surface area is 222 Å². The lowest BCUT2D eigenvalue weighted by Gasteiger charge is -2.35. The molecule has 2 fully saturated rings. The van der Waals surface area contributed by atoms with E-state index in [-0.39, 0.29) is 17.6 Å². The molecule has 2 aliphatic rings. The van der Waals surface area contributed by atoms with Crippen LogP contribution in [-0.4, -0.2) is 66.8 Å². The highest BCUT2D eigenvalue weighted by molar-refractivity contribution is 7.98. The Morgan fingerprint density at radius 2 is 1.84 bits per heavy atom. The summed E-state index contributed by atoms with van der Waals surface area (Å²) in [6, 6.07) is 12.0. The van der Waals surface area contributed by atoms with Gasteiger partial charge in [-0.25, -0.2) is 13.6 Å². The number of hydrogen-bond acceptors (Lipinski definition) is 8. The molecule has 0 bridgehead atoms. The molecule has 1 atom stereocenters. The normalized spacial score (nSPS) is 18.2. The molecule has 0 spiro atoms. The van der Waals surface area contributed by atoms with E-state index in [1.54, 1.807) is 42.1 Å². The zero-order valence-corrected chi connectivity index (χ0v) is 21.5. The van der Waals surface area contributed by atoms with Crippen LogP contribution < -0.4 is 9.80 Å². The van der Waals surface area contributed by atoms with Gasteiger partial charge in [0.25, 0.3) is 0 Å². The maximum absolute atomic E-state index is 15.1. The van der Waals surface area contributed by atoms with E-state index in [0.717, 1.165) is 0 Å². The first-order chi connectivity index (χ1) is 18.3. The van der Waals surface area contributed by atoms with Crippen molar-refractivity contribution in [1.29, 1.82) is 0 Å². The third kappa shape index (κ3) is 5.46. The Kier molecular flexibility index (Phi) is 7.52. The highest BCUT2D eigenvalue weighted by atomic mass is 32.2. The molecule has 0 aliphatic carbocycles. The molecule has 1 aromatic heterocycles. The summed E-state index contributed by atoms with van der Waals surface area (Å²) < 4.78 is 40.7. The second kappa shape index (κ2) is 11.0. The Morgan fingerprint density at radius 3 is 2.50 bits per heavy atom. The van der Waals surface area contributed by atoms with Gasteiger partial charge in [0, 0.05) is 37.5 Å². The summed E-state index contributed by atoms with van der Waals surface area (Å²) in [5.74, 6) is -0.120. The Morgan fingerprint density at radius 1 is 1.05 bits per heavy atom. The van der Waals surface area contributed by atoms with Gasteiger partial charge in [-0.3, -0.25) is 19.9 Å². The van der Waals surface area contributed by atoms with Crippen molar-refractivity contribution in [3.63, 3.8) is 0 Å². The topological polar surface area (TPSA) is 92.3 Å². The summed E-state index contributed by atoms with van der Waals surface area (Å²) in [5, 5.41) is 10.8. The van der Waals surface area contributed by atoms with Gasteiger partial charge in [-0.1, -0.05) is 6.07 Å². The number of piperazine rings is 1. The number of benzene rings is 2.